The number of aromatic amines is 2. The zero-order valence-corrected chi connectivity index (χ0v) is 18.9. The molecule has 5 nitrogen and oxygen atoms in total. The summed E-state index contributed by atoms with van der Waals surface area (Å²) in [6, 6.07) is 18.2. The SMILES string of the molecule is Brc1ccoc1.C1=Cc2cc3ccc(cc4nc(cc5ccc(cc1n2)[nH]5)C=C4)[nH]3.[Fe]. The van der Waals surface area contributed by atoms with Gasteiger partial charge in [-0.3, -0.25) is 0 Å². The number of hydrogen-bond donors (Lipinski definition) is 2. The first-order chi connectivity index (χ1) is 14.7. The van der Waals surface area contributed by atoms with E-state index in [0.717, 1.165) is 49.3 Å². The normalized spacial score (nSPS) is 11.5. The molecule has 31 heavy (non-hydrogen) atoms. The monoisotopic (exact) mass is 512 g/mol. The molecule has 8 bridgehead atoms. The van der Waals surface area contributed by atoms with Crippen LogP contribution in [0.25, 0.3) is 46.4 Å². The fourth-order valence-electron chi connectivity index (χ4n) is 3.19. The third kappa shape index (κ3) is 5.33. The molecule has 0 aromatic carbocycles. The van der Waals surface area contributed by atoms with Gasteiger partial charge in [0.05, 0.1) is 33.5 Å². The van der Waals surface area contributed by atoms with Crippen molar-refractivity contribution >= 4 is 62.3 Å². The molecule has 0 saturated carbocycles. The van der Waals surface area contributed by atoms with Gasteiger partial charge in [0.25, 0.3) is 0 Å². The molecule has 0 radical (unpaired) electrons. The molecule has 2 N–H and O–H groups in total. The summed E-state index contributed by atoms with van der Waals surface area (Å²) in [5, 5.41) is 0. The first kappa shape index (κ1) is 21.1. The molecule has 7 heteroatoms. The van der Waals surface area contributed by atoms with E-state index in [1.54, 1.807) is 12.5 Å². The fourth-order valence-corrected chi connectivity index (χ4v) is 3.41. The van der Waals surface area contributed by atoms with Gasteiger partial charge in [0, 0.05) is 39.1 Å². The van der Waals surface area contributed by atoms with Gasteiger partial charge >= 0.3 is 0 Å². The van der Waals surface area contributed by atoms with E-state index in [1.807, 2.05) is 54.6 Å². The topological polar surface area (TPSA) is 70.5 Å². The largest absolute Gasteiger partial charge is 0.471 e. The van der Waals surface area contributed by atoms with E-state index in [9.17, 15) is 0 Å². The van der Waals surface area contributed by atoms with Gasteiger partial charge in [0.2, 0.25) is 0 Å². The molecule has 0 fully saturated rings. The van der Waals surface area contributed by atoms with E-state index in [2.05, 4.69) is 64.5 Å². The van der Waals surface area contributed by atoms with Crippen molar-refractivity contribution in [2.24, 2.45) is 0 Å². The predicted octanol–water partition coefficient (Wildman–Crippen LogP) is 6.70. The Morgan fingerprint density at radius 2 is 1.00 bits per heavy atom. The zero-order chi connectivity index (χ0) is 20.3. The van der Waals surface area contributed by atoms with Crippen molar-refractivity contribution in [2.75, 3.05) is 0 Å². The van der Waals surface area contributed by atoms with E-state index >= 15 is 0 Å². The molecule has 6 rings (SSSR count). The Morgan fingerprint density at radius 3 is 1.26 bits per heavy atom. The van der Waals surface area contributed by atoms with Crippen LogP contribution < -0.4 is 0 Å². The van der Waals surface area contributed by atoms with Crippen molar-refractivity contribution in [3.63, 3.8) is 0 Å². The molecule has 0 amide bonds. The van der Waals surface area contributed by atoms with Crippen molar-refractivity contribution in [3.05, 3.63) is 94.4 Å². The molecule has 0 saturated heterocycles. The second-order valence-corrected chi connectivity index (χ2v) is 7.76. The summed E-state index contributed by atoms with van der Waals surface area (Å²) in [6.07, 6.45) is 11.3. The number of rotatable bonds is 0. The van der Waals surface area contributed by atoms with Crippen LogP contribution in [0.4, 0.5) is 0 Å². The average molecular weight is 513 g/mol. The Hall–Kier alpha value is -3.12. The first-order valence-corrected chi connectivity index (χ1v) is 10.2. The number of furan rings is 1. The maximum Gasteiger partial charge on any atom is 0.104 e. The second kappa shape index (κ2) is 9.35. The molecule has 0 spiro atoms. The summed E-state index contributed by atoms with van der Waals surface area (Å²) in [7, 11) is 0. The first-order valence-electron chi connectivity index (χ1n) is 9.42. The second-order valence-electron chi connectivity index (χ2n) is 6.85. The van der Waals surface area contributed by atoms with Crippen LogP contribution in [-0.2, 0) is 17.1 Å². The van der Waals surface area contributed by atoms with E-state index in [-0.39, 0.29) is 17.1 Å². The number of H-pyrrole nitrogens is 2. The van der Waals surface area contributed by atoms with Gasteiger partial charge in [0.1, 0.15) is 6.26 Å². The Labute approximate surface area is 197 Å². The van der Waals surface area contributed by atoms with Gasteiger partial charge in [0.15, 0.2) is 0 Å². The van der Waals surface area contributed by atoms with E-state index < -0.39 is 0 Å². The third-order valence-corrected chi connectivity index (χ3v) is 4.98. The number of hydrogen-bond acceptors (Lipinski definition) is 3. The predicted molar refractivity (Wildman–Crippen MR) is 125 cm³/mol. The fraction of sp³-hybridized carbons (Fsp3) is 0. The van der Waals surface area contributed by atoms with Crippen LogP contribution in [0, 0.1) is 0 Å². The van der Waals surface area contributed by atoms with Crippen molar-refractivity contribution in [1.29, 1.82) is 0 Å². The molecule has 4 aromatic heterocycles. The zero-order valence-electron chi connectivity index (χ0n) is 16.2. The molecule has 6 heterocycles. The Balaban J connectivity index is 0.000000288. The molecule has 2 aliphatic rings. The summed E-state index contributed by atoms with van der Waals surface area (Å²) in [5.74, 6) is 0. The molecule has 0 atom stereocenters. The Kier molecular flexibility index (Phi) is 6.37. The minimum Gasteiger partial charge on any atom is -0.471 e. The number of aromatic nitrogens is 4. The van der Waals surface area contributed by atoms with E-state index in [1.165, 1.54) is 0 Å². The summed E-state index contributed by atoms with van der Waals surface area (Å²) >= 11 is 3.19. The van der Waals surface area contributed by atoms with Gasteiger partial charge in [-0.2, -0.15) is 0 Å². The van der Waals surface area contributed by atoms with E-state index in [4.69, 9.17) is 0 Å². The van der Waals surface area contributed by atoms with Crippen molar-refractivity contribution < 1.29 is 21.5 Å². The number of nitrogens with one attached hydrogen (secondary N) is 2. The number of fused-ring (bicyclic) bond motifs is 8. The van der Waals surface area contributed by atoms with Crippen LogP contribution in [0.5, 0.6) is 0 Å². The van der Waals surface area contributed by atoms with Gasteiger partial charge in [-0.1, -0.05) is 0 Å². The van der Waals surface area contributed by atoms with Crippen molar-refractivity contribution in [1.82, 2.24) is 19.9 Å². The molecule has 4 aromatic rings. The van der Waals surface area contributed by atoms with Crippen molar-refractivity contribution in [3.8, 4) is 0 Å². The van der Waals surface area contributed by atoms with Crippen molar-refractivity contribution in [2.45, 2.75) is 0 Å². The number of nitrogens with zero attached hydrogens (tertiary/aromatic N) is 2. The van der Waals surface area contributed by atoms with Crippen LogP contribution in [0.3, 0.4) is 0 Å². The molecule has 0 unspecified atom stereocenters. The Morgan fingerprint density at radius 1 is 0.613 bits per heavy atom. The minimum absolute atomic E-state index is 0. The maximum absolute atomic E-state index is 4.67. The standard InChI is InChI=1S/C20H14N4.C4H3BrO.Fe/c1-2-14-10-16-5-6-18(23-16)12-20-8-7-19(24-20)11-17-4-3-15(22-17)9-13(1)21-14;5-4-1-2-6-3-4;/h1-12,21,24H;1-3H;. The summed E-state index contributed by atoms with van der Waals surface area (Å²) in [4.78, 5) is 16.0. The summed E-state index contributed by atoms with van der Waals surface area (Å²) in [6.45, 7) is 0. The average Bonchev–Trinajstić information content (AvgIpc) is 3.52. The van der Waals surface area contributed by atoms with Crippen LogP contribution in [-0.4, -0.2) is 19.9 Å². The van der Waals surface area contributed by atoms with E-state index in [0.29, 0.717) is 0 Å². The third-order valence-electron chi connectivity index (χ3n) is 4.53. The van der Waals surface area contributed by atoms with Gasteiger partial charge < -0.3 is 14.4 Å². The van der Waals surface area contributed by atoms with Crippen LogP contribution >= 0.6 is 15.9 Å². The molecule has 154 valence electrons. The molecule has 0 aliphatic carbocycles. The maximum atomic E-state index is 4.67. The van der Waals surface area contributed by atoms with Gasteiger partial charge in [-0.05, 0) is 94.8 Å². The van der Waals surface area contributed by atoms with Crippen LogP contribution in [0.2, 0.25) is 0 Å². The van der Waals surface area contributed by atoms with Crippen LogP contribution in [0.1, 0.15) is 22.8 Å². The number of halogens is 1. The summed E-state index contributed by atoms with van der Waals surface area (Å²) in [5.41, 5.74) is 7.86. The Bertz CT molecular complexity index is 1240. The quantitative estimate of drug-likeness (QED) is 0.222. The van der Waals surface area contributed by atoms with Gasteiger partial charge in [-0.25, -0.2) is 9.97 Å². The minimum atomic E-state index is 0. The molecular formula is C24H17BrFeN4O. The molecular weight excluding hydrogens is 496 g/mol. The van der Waals surface area contributed by atoms with Gasteiger partial charge in [-0.15, -0.1) is 0 Å². The van der Waals surface area contributed by atoms with Crippen LogP contribution in [0.15, 0.2) is 76.0 Å². The summed E-state index contributed by atoms with van der Waals surface area (Å²) < 4.78 is 5.66. The smallest absolute Gasteiger partial charge is 0.104 e. The molecule has 2 aliphatic heterocycles.